The van der Waals surface area contributed by atoms with E-state index in [1.807, 2.05) is 6.07 Å². The zero-order valence-corrected chi connectivity index (χ0v) is 10.8. The van der Waals surface area contributed by atoms with Crippen molar-refractivity contribution in [2.45, 2.75) is 12.8 Å². The van der Waals surface area contributed by atoms with Gasteiger partial charge in [-0.3, -0.25) is 0 Å². The van der Waals surface area contributed by atoms with Crippen LogP contribution in [-0.2, 0) is 6.42 Å². The third-order valence-electron chi connectivity index (χ3n) is 2.45. The molecule has 0 aliphatic rings. The van der Waals surface area contributed by atoms with Crippen LogP contribution in [-0.4, -0.2) is 31.6 Å². The molecule has 0 fully saturated rings. The lowest BCUT2D eigenvalue weighted by atomic mass is 10.1. The topological polar surface area (TPSA) is 29.3 Å². The first kappa shape index (κ1) is 12.7. The van der Waals surface area contributed by atoms with Gasteiger partial charge in [0, 0.05) is 17.6 Å². The number of nitrogens with two attached hydrogens (primary N) is 1. The van der Waals surface area contributed by atoms with E-state index in [0.29, 0.717) is 0 Å². The minimum absolute atomic E-state index is 0.742. The summed E-state index contributed by atoms with van der Waals surface area (Å²) in [5, 5.41) is 0. The predicted octanol–water partition coefficient (Wildman–Crippen LogP) is 2.27. The number of hydrogen-bond donors (Lipinski definition) is 1. The van der Waals surface area contributed by atoms with Gasteiger partial charge >= 0.3 is 0 Å². The van der Waals surface area contributed by atoms with E-state index < -0.39 is 0 Å². The van der Waals surface area contributed by atoms with Crippen LogP contribution in [0.2, 0.25) is 0 Å². The van der Waals surface area contributed by atoms with Crippen LogP contribution in [0.25, 0.3) is 0 Å². The van der Waals surface area contributed by atoms with E-state index >= 15 is 0 Å². The van der Waals surface area contributed by atoms with Crippen molar-refractivity contribution in [1.29, 1.82) is 0 Å². The monoisotopic (exact) mass is 270 g/mol. The first-order valence-corrected chi connectivity index (χ1v) is 6.15. The van der Waals surface area contributed by atoms with Crippen LogP contribution < -0.4 is 5.73 Å². The summed E-state index contributed by atoms with van der Waals surface area (Å²) in [5.74, 6) is 0. The summed E-state index contributed by atoms with van der Waals surface area (Å²) in [6.45, 7) is 2.83. The van der Waals surface area contributed by atoms with Crippen LogP contribution in [0.1, 0.15) is 12.0 Å². The number of hydrogen-bond acceptors (Lipinski definition) is 2. The number of aryl methyl sites for hydroxylation is 1. The van der Waals surface area contributed by atoms with Gasteiger partial charge in [0.2, 0.25) is 0 Å². The first-order valence-electron chi connectivity index (χ1n) is 5.36. The van der Waals surface area contributed by atoms with Crippen molar-refractivity contribution in [2.24, 2.45) is 5.73 Å². The van der Waals surface area contributed by atoms with Gasteiger partial charge in [-0.1, -0.05) is 34.1 Å². The van der Waals surface area contributed by atoms with Gasteiger partial charge in [0.1, 0.15) is 0 Å². The van der Waals surface area contributed by atoms with Crippen LogP contribution >= 0.6 is 15.9 Å². The van der Waals surface area contributed by atoms with Crippen LogP contribution in [0, 0.1) is 0 Å². The summed E-state index contributed by atoms with van der Waals surface area (Å²) >= 11 is 3.56. The highest BCUT2D eigenvalue weighted by Gasteiger charge is 2.00. The maximum atomic E-state index is 5.49. The number of halogens is 1. The first-order chi connectivity index (χ1) is 7.24. The molecule has 0 saturated carbocycles. The van der Waals surface area contributed by atoms with Crippen LogP contribution in [0.3, 0.4) is 0 Å². The molecule has 2 nitrogen and oxygen atoms in total. The molecular formula is C12H19BrN2. The van der Waals surface area contributed by atoms with Gasteiger partial charge in [0.05, 0.1) is 0 Å². The van der Waals surface area contributed by atoms with Crippen molar-refractivity contribution in [3.8, 4) is 0 Å². The molecule has 0 heterocycles. The molecule has 0 atom stereocenters. The lowest BCUT2D eigenvalue weighted by Gasteiger charge is -2.15. The van der Waals surface area contributed by atoms with E-state index in [1.54, 1.807) is 0 Å². The summed E-state index contributed by atoms with van der Waals surface area (Å²) in [6.07, 6.45) is 2.30. The summed E-state index contributed by atoms with van der Waals surface area (Å²) in [5.41, 5.74) is 6.87. The van der Waals surface area contributed by atoms with Gasteiger partial charge < -0.3 is 10.6 Å². The molecule has 0 radical (unpaired) electrons. The van der Waals surface area contributed by atoms with Crippen LogP contribution in [0.5, 0.6) is 0 Å². The van der Waals surface area contributed by atoms with E-state index in [2.05, 4.69) is 46.1 Å². The molecule has 0 saturated heterocycles. The normalized spacial score (nSPS) is 10.9. The molecule has 0 aliphatic carbocycles. The Morgan fingerprint density at radius 1 is 1.27 bits per heavy atom. The smallest absolute Gasteiger partial charge is 0.0207 e. The number of benzene rings is 1. The molecule has 0 aliphatic heterocycles. The minimum atomic E-state index is 0.742. The fourth-order valence-corrected chi connectivity index (χ4v) is 2.06. The van der Waals surface area contributed by atoms with Gasteiger partial charge in [0.25, 0.3) is 0 Å². The number of likely N-dealkylation sites (N-methyl/N-ethyl adjacent to an activating group) is 1. The molecule has 0 bridgehead atoms. The molecule has 2 N–H and O–H groups in total. The summed E-state index contributed by atoms with van der Waals surface area (Å²) < 4.78 is 1.21. The Morgan fingerprint density at radius 2 is 2.00 bits per heavy atom. The molecule has 1 aromatic rings. The summed E-state index contributed by atoms with van der Waals surface area (Å²) in [6, 6.07) is 8.41. The van der Waals surface area contributed by atoms with Gasteiger partial charge in [-0.15, -0.1) is 0 Å². The third kappa shape index (κ3) is 4.78. The van der Waals surface area contributed by atoms with Crippen molar-refractivity contribution in [1.82, 2.24) is 4.90 Å². The Hall–Kier alpha value is -0.380. The van der Waals surface area contributed by atoms with Crippen LogP contribution in [0.4, 0.5) is 0 Å². The van der Waals surface area contributed by atoms with Crippen molar-refractivity contribution in [3.63, 3.8) is 0 Å². The molecule has 1 rings (SSSR count). The Bertz CT molecular complexity index is 289. The fraction of sp³-hybridized carbons (Fsp3) is 0.500. The quantitative estimate of drug-likeness (QED) is 0.860. The average Bonchev–Trinajstić information content (AvgIpc) is 2.21. The van der Waals surface area contributed by atoms with Crippen molar-refractivity contribution < 1.29 is 0 Å². The molecule has 1 aromatic carbocycles. The molecule has 15 heavy (non-hydrogen) atoms. The van der Waals surface area contributed by atoms with E-state index in [-0.39, 0.29) is 0 Å². The zero-order valence-electron chi connectivity index (χ0n) is 9.25. The zero-order chi connectivity index (χ0) is 11.1. The Labute approximate surface area is 101 Å². The van der Waals surface area contributed by atoms with Gasteiger partial charge in [-0.25, -0.2) is 0 Å². The SMILES string of the molecule is CN(CCN)CCCc1ccccc1Br. The molecule has 0 amide bonds. The summed E-state index contributed by atoms with van der Waals surface area (Å²) in [4.78, 5) is 2.27. The van der Waals surface area contributed by atoms with Crippen molar-refractivity contribution in [3.05, 3.63) is 34.3 Å². The van der Waals surface area contributed by atoms with E-state index in [0.717, 1.165) is 26.1 Å². The second kappa shape index (κ2) is 6.99. The maximum Gasteiger partial charge on any atom is 0.0207 e. The molecule has 3 heteroatoms. The fourth-order valence-electron chi connectivity index (χ4n) is 1.57. The van der Waals surface area contributed by atoms with Gasteiger partial charge in [-0.05, 0) is 38.1 Å². The van der Waals surface area contributed by atoms with Crippen LogP contribution in [0.15, 0.2) is 28.7 Å². The molecule has 0 unspecified atom stereocenters. The maximum absolute atomic E-state index is 5.49. The lowest BCUT2D eigenvalue weighted by Crippen LogP contribution is -2.26. The Morgan fingerprint density at radius 3 is 2.67 bits per heavy atom. The highest BCUT2D eigenvalue weighted by atomic mass is 79.9. The van der Waals surface area contributed by atoms with Crippen molar-refractivity contribution in [2.75, 3.05) is 26.7 Å². The lowest BCUT2D eigenvalue weighted by molar-refractivity contribution is 0.338. The second-order valence-electron chi connectivity index (χ2n) is 3.79. The minimum Gasteiger partial charge on any atom is -0.329 e. The molecule has 0 aromatic heterocycles. The van der Waals surface area contributed by atoms with E-state index in [9.17, 15) is 0 Å². The number of rotatable bonds is 6. The average molecular weight is 271 g/mol. The van der Waals surface area contributed by atoms with Gasteiger partial charge in [0.15, 0.2) is 0 Å². The predicted molar refractivity (Wildman–Crippen MR) is 69.0 cm³/mol. The van der Waals surface area contributed by atoms with Crippen molar-refractivity contribution >= 4 is 15.9 Å². The standard InChI is InChI=1S/C12H19BrN2/c1-15(10-8-14)9-4-6-11-5-2-3-7-12(11)13/h2-3,5,7H,4,6,8-10,14H2,1H3. The Kier molecular flexibility index (Phi) is 5.91. The molecular weight excluding hydrogens is 252 g/mol. The highest BCUT2D eigenvalue weighted by molar-refractivity contribution is 9.10. The molecule has 0 spiro atoms. The largest absolute Gasteiger partial charge is 0.329 e. The summed E-state index contributed by atoms with van der Waals surface area (Å²) in [7, 11) is 2.12. The second-order valence-corrected chi connectivity index (χ2v) is 4.64. The van der Waals surface area contributed by atoms with Gasteiger partial charge in [-0.2, -0.15) is 0 Å². The third-order valence-corrected chi connectivity index (χ3v) is 3.23. The molecule has 84 valence electrons. The highest BCUT2D eigenvalue weighted by Crippen LogP contribution is 2.17. The number of nitrogens with zero attached hydrogens (tertiary/aromatic N) is 1. The van der Waals surface area contributed by atoms with E-state index in [1.165, 1.54) is 16.5 Å². The van der Waals surface area contributed by atoms with E-state index in [4.69, 9.17) is 5.73 Å². The Balaban J connectivity index is 2.29.